The zero-order valence-electron chi connectivity index (χ0n) is 16.1. The molecule has 2 rings (SSSR count). The Balaban J connectivity index is 1.98. The number of hydrogen-bond donors (Lipinski definition) is 2. The maximum atomic E-state index is 13.9. The van der Waals surface area contributed by atoms with Gasteiger partial charge in [-0.3, -0.25) is 4.79 Å². The lowest BCUT2D eigenvalue weighted by Gasteiger charge is -2.27. The zero-order valence-corrected chi connectivity index (χ0v) is 16.9. The molecule has 0 bridgehead atoms. The number of amides is 2. The van der Waals surface area contributed by atoms with Crippen LogP contribution < -0.4 is 10.6 Å². The van der Waals surface area contributed by atoms with Gasteiger partial charge in [0.25, 0.3) is 5.91 Å². The van der Waals surface area contributed by atoms with Crippen molar-refractivity contribution in [2.24, 2.45) is 0 Å². The first-order valence-corrected chi connectivity index (χ1v) is 9.29. The van der Waals surface area contributed by atoms with Crippen molar-refractivity contribution >= 4 is 23.3 Å². The van der Waals surface area contributed by atoms with Crippen molar-refractivity contribution < 1.29 is 18.7 Å². The summed E-state index contributed by atoms with van der Waals surface area (Å²) >= 11 is 1.11. The molecule has 0 aliphatic heterocycles. The smallest absolute Gasteiger partial charge is 0.407 e. The van der Waals surface area contributed by atoms with E-state index in [-0.39, 0.29) is 18.3 Å². The van der Waals surface area contributed by atoms with E-state index in [4.69, 9.17) is 4.74 Å². The van der Waals surface area contributed by atoms with Gasteiger partial charge in [0.05, 0.1) is 11.7 Å². The predicted molar refractivity (Wildman–Crippen MR) is 103 cm³/mol. The van der Waals surface area contributed by atoms with Crippen LogP contribution in [0.4, 0.5) is 9.18 Å². The number of thiazole rings is 1. The minimum absolute atomic E-state index is 0.187. The summed E-state index contributed by atoms with van der Waals surface area (Å²) in [6.45, 7) is 9.07. The summed E-state index contributed by atoms with van der Waals surface area (Å²) in [5, 5.41) is 5.91. The van der Waals surface area contributed by atoms with Crippen LogP contribution >= 0.6 is 11.3 Å². The van der Waals surface area contributed by atoms with Gasteiger partial charge in [-0.1, -0.05) is 12.1 Å². The van der Waals surface area contributed by atoms with Crippen LogP contribution in [-0.4, -0.2) is 34.7 Å². The number of alkyl carbamates (subject to hydrolysis) is 1. The first-order valence-electron chi connectivity index (χ1n) is 8.47. The fourth-order valence-electron chi connectivity index (χ4n) is 2.16. The topological polar surface area (TPSA) is 80.3 Å². The molecule has 1 aromatic carbocycles. The maximum absolute atomic E-state index is 13.9. The normalized spacial score (nSPS) is 11.8. The Kier molecular flexibility index (Phi) is 6.20. The number of ether oxygens (including phenoxy) is 1. The predicted octanol–water partition coefficient (Wildman–Crippen LogP) is 3.98. The van der Waals surface area contributed by atoms with Gasteiger partial charge in [0.1, 0.15) is 21.3 Å². The fraction of sp³-hybridized carbons (Fsp3) is 0.421. The molecule has 2 aromatic rings. The van der Waals surface area contributed by atoms with Crippen LogP contribution in [0.25, 0.3) is 10.6 Å². The van der Waals surface area contributed by atoms with Crippen LogP contribution in [0.3, 0.4) is 0 Å². The third-order valence-electron chi connectivity index (χ3n) is 3.36. The van der Waals surface area contributed by atoms with Crippen LogP contribution in [0.1, 0.15) is 44.3 Å². The Morgan fingerprint density at radius 1 is 1.19 bits per heavy atom. The number of nitrogens with zero attached hydrogens (tertiary/aromatic N) is 1. The van der Waals surface area contributed by atoms with E-state index in [9.17, 15) is 14.0 Å². The van der Waals surface area contributed by atoms with Crippen molar-refractivity contribution in [2.75, 3.05) is 6.54 Å². The average Bonchev–Trinajstić information content (AvgIpc) is 3.01. The first kappa shape index (κ1) is 20.8. The van der Waals surface area contributed by atoms with Crippen LogP contribution in [0.15, 0.2) is 30.5 Å². The Bertz CT molecular complexity index is 828. The van der Waals surface area contributed by atoms with Gasteiger partial charge in [-0.05, 0) is 46.8 Å². The molecule has 0 atom stereocenters. The van der Waals surface area contributed by atoms with E-state index >= 15 is 0 Å². The van der Waals surface area contributed by atoms with Crippen molar-refractivity contribution in [1.82, 2.24) is 15.6 Å². The van der Waals surface area contributed by atoms with E-state index in [0.717, 1.165) is 11.3 Å². The molecule has 0 spiro atoms. The van der Waals surface area contributed by atoms with Gasteiger partial charge in [0.2, 0.25) is 0 Å². The minimum atomic E-state index is -0.712. The molecular weight excluding hydrogens is 369 g/mol. The molecule has 0 aliphatic rings. The van der Waals surface area contributed by atoms with E-state index in [0.29, 0.717) is 15.4 Å². The lowest BCUT2D eigenvalue weighted by molar-refractivity contribution is 0.0510. The molecule has 1 aromatic heterocycles. The first-order chi connectivity index (χ1) is 12.5. The summed E-state index contributed by atoms with van der Waals surface area (Å²) in [7, 11) is 0. The number of carbonyl (C=O) groups is 2. The lowest BCUT2D eigenvalue weighted by atomic mass is 10.1. The highest BCUT2D eigenvalue weighted by Crippen LogP contribution is 2.27. The molecule has 27 heavy (non-hydrogen) atoms. The van der Waals surface area contributed by atoms with Crippen molar-refractivity contribution in [3.8, 4) is 10.6 Å². The summed E-state index contributed by atoms with van der Waals surface area (Å²) in [5.74, 6) is -0.730. The van der Waals surface area contributed by atoms with Crippen LogP contribution in [0.2, 0.25) is 0 Å². The highest BCUT2D eigenvalue weighted by Gasteiger charge is 2.25. The van der Waals surface area contributed by atoms with Crippen LogP contribution in [0, 0.1) is 5.82 Å². The monoisotopic (exact) mass is 393 g/mol. The molecular formula is C19H24FN3O3S. The van der Waals surface area contributed by atoms with E-state index in [1.165, 1.54) is 12.3 Å². The Labute approximate surface area is 162 Å². The number of rotatable bonds is 5. The highest BCUT2D eigenvalue weighted by atomic mass is 32.1. The maximum Gasteiger partial charge on any atom is 0.407 e. The second kappa shape index (κ2) is 8.04. The van der Waals surface area contributed by atoms with Crippen molar-refractivity contribution in [2.45, 2.75) is 45.8 Å². The molecule has 146 valence electrons. The van der Waals surface area contributed by atoms with Gasteiger partial charge >= 0.3 is 6.09 Å². The van der Waals surface area contributed by atoms with Crippen LogP contribution in [-0.2, 0) is 4.74 Å². The Morgan fingerprint density at radius 2 is 1.85 bits per heavy atom. The largest absolute Gasteiger partial charge is 0.444 e. The molecule has 1 heterocycles. The number of aromatic nitrogens is 1. The lowest BCUT2D eigenvalue weighted by Crippen LogP contribution is -2.51. The molecule has 8 heteroatoms. The third-order valence-corrected chi connectivity index (χ3v) is 4.39. The number of benzene rings is 1. The van der Waals surface area contributed by atoms with E-state index in [1.54, 1.807) is 52.8 Å². The number of nitrogens with one attached hydrogen (secondary N) is 2. The molecule has 0 aliphatic carbocycles. The van der Waals surface area contributed by atoms with Crippen molar-refractivity contribution in [1.29, 1.82) is 0 Å². The van der Waals surface area contributed by atoms with Gasteiger partial charge in [-0.15, -0.1) is 11.3 Å². The molecule has 2 N–H and O–H groups in total. The quantitative estimate of drug-likeness (QED) is 0.805. The third kappa shape index (κ3) is 6.32. The summed E-state index contributed by atoms with van der Waals surface area (Å²) in [5.41, 5.74) is -0.952. The van der Waals surface area contributed by atoms with Crippen molar-refractivity contribution in [3.63, 3.8) is 0 Å². The van der Waals surface area contributed by atoms with E-state index < -0.39 is 17.2 Å². The minimum Gasteiger partial charge on any atom is -0.444 e. The van der Waals surface area contributed by atoms with Gasteiger partial charge in [-0.2, -0.15) is 0 Å². The second-order valence-electron chi connectivity index (χ2n) is 7.70. The highest BCUT2D eigenvalue weighted by molar-refractivity contribution is 7.16. The van der Waals surface area contributed by atoms with E-state index in [1.807, 2.05) is 0 Å². The zero-order chi connectivity index (χ0) is 20.2. The van der Waals surface area contributed by atoms with Crippen LogP contribution in [0.5, 0.6) is 0 Å². The number of carbonyl (C=O) groups excluding carboxylic acids is 2. The van der Waals surface area contributed by atoms with Crippen molar-refractivity contribution in [3.05, 3.63) is 41.2 Å². The number of halogens is 1. The second-order valence-corrected chi connectivity index (χ2v) is 8.73. The summed E-state index contributed by atoms with van der Waals surface area (Å²) in [4.78, 5) is 28.7. The summed E-state index contributed by atoms with van der Waals surface area (Å²) in [6, 6.07) is 6.28. The molecule has 0 fully saturated rings. The fourth-order valence-corrected chi connectivity index (χ4v) is 3.00. The SMILES string of the molecule is CC(C)(CNC(=O)OC(C)(C)C)NC(=O)c1cnc(-c2ccccc2F)s1. The van der Waals surface area contributed by atoms with Gasteiger partial charge < -0.3 is 15.4 Å². The number of hydrogen-bond acceptors (Lipinski definition) is 5. The average molecular weight is 393 g/mol. The molecule has 0 radical (unpaired) electrons. The molecule has 0 saturated heterocycles. The molecule has 6 nitrogen and oxygen atoms in total. The molecule has 0 saturated carbocycles. The van der Waals surface area contributed by atoms with Gasteiger partial charge in [0, 0.05) is 12.1 Å². The van der Waals surface area contributed by atoms with Gasteiger partial charge in [-0.25, -0.2) is 14.2 Å². The Morgan fingerprint density at radius 3 is 2.48 bits per heavy atom. The standard InChI is InChI=1S/C19H24FN3O3S/c1-18(2,3)26-17(25)22-11-19(4,5)23-15(24)14-10-21-16(27-14)12-8-6-7-9-13(12)20/h6-10H,11H2,1-5H3,(H,22,25)(H,23,24). The molecule has 2 amide bonds. The Hall–Kier alpha value is -2.48. The summed E-state index contributed by atoms with van der Waals surface area (Å²) < 4.78 is 19.0. The van der Waals surface area contributed by atoms with E-state index in [2.05, 4.69) is 15.6 Å². The molecule has 0 unspecified atom stereocenters. The van der Waals surface area contributed by atoms with Gasteiger partial charge in [0.15, 0.2) is 0 Å². The summed E-state index contributed by atoms with van der Waals surface area (Å²) in [6.07, 6.45) is 0.864.